The SMILES string of the molecule is Cc1cc(N2CC[C@@](O)(CNC(=O)Cn3nc(C)cc3C)C2)ncn1. The molecule has 0 aliphatic carbocycles. The molecule has 8 nitrogen and oxygen atoms in total. The van der Waals surface area contributed by atoms with E-state index in [-0.39, 0.29) is 19.0 Å². The van der Waals surface area contributed by atoms with E-state index in [1.165, 1.54) is 6.33 Å². The number of β-amino-alcohol motifs (C(OH)–C–C–N with tert-alkyl or cyclic N) is 1. The van der Waals surface area contributed by atoms with Crippen molar-refractivity contribution in [2.45, 2.75) is 39.3 Å². The molecular weight excluding hydrogens is 320 g/mol. The first-order chi connectivity index (χ1) is 11.8. The van der Waals surface area contributed by atoms with Crippen LogP contribution in [0.25, 0.3) is 0 Å². The molecule has 2 N–H and O–H groups in total. The topological polar surface area (TPSA) is 96.2 Å². The number of hydrogen-bond acceptors (Lipinski definition) is 6. The van der Waals surface area contributed by atoms with Crippen LogP contribution in [0.4, 0.5) is 5.82 Å². The molecule has 1 aliphatic heterocycles. The molecule has 1 saturated heterocycles. The van der Waals surface area contributed by atoms with Gasteiger partial charge in [0, 0.05) is 37.1 Å². The molecule has 3 heterocycles. The van der Waals surface area contributed by atoms with Crippen LogP contribution in [-0.4, -0.2) is 56.0 Å². The van der Waals surface area contributed by atoms with Gasteiger partial charge in [-0.15, -0.1) is 0 Å². The maximum atomic E-state index is 12.2. The van der Waals surface area contributed by atoms with Crippen molar-refractivity contribution in [3.63, 3.8) is 0 Å². The molecule has 134 valence electrons. The predicted octanol–water partition coefficient (Wildman–Crippen LogP) is 0.356. The fraction of sp³-hybridized carbons (Fsp3) is 0.529. The monoisotopic (exact) mass is 344 g/mol. The van der Waals surface area contributed by atoms with E-state index in [1.807, 2.05) is 37.8 Å². The van der Waals surface area contributed by atoms with E-state index in [1.54, 1.807) is 4.68 Å². The van der Waals surface area contributed by atoms with Gasteiger partial charge in [-0.1, -0.05) is 0 Å². The minimum Gasteiger partial charge on any atom is -0.386 e. The van der Waals surface area contributed by atoms with E-state index < -0.39 is 5.60 Å². The van der Waals surface area contributed by atoms with E-state index >= 15 is 0 Å². The number of amides is 1. The first-order valence-corrected chi connectivity index (χ1v) is 8.38. The smallest absolute Gasteiger partial charge is 0.241 e. The number of carbonyl (C=O) groups is 1. The predicted molar refractivity (Wildman–Crippen MR) is 93.3 cm³/mol. The van der Waals surface area contributed by atoms with Gasteiger partial charge >= 0.3 is 0 Å². The molecule has 1 fully saturated rings. The summed E-state index contributed by atoms with van der Waals surface area (Å²) in [6.45, 7) is 7.22. The second-order valence-electron chi connectivity index (χ2n) is 6.77. The number of nitrogens with one attached hydrogen (secondary N) is 1. The number of aromatic nitrogens is 4. The molecule has 0 unspecified atom stereocenters. The van der Waals surface area contributed by atoms with Crippen molar-refractivity contribution in [2.24, 2.45) is 0 Å². The summed E-state index contributed by atoms with van der Waals surface area (Å²) in [6, 6.07) is 3.83. The van der Waals surface area contributed by atoms with E-state index in [2.05, 4.69) is 20.4 Å². The standard InChI is InChI=1S/C17H24N6O2/c1-12-7-15(20-11-19-12)22-5-4-17(25,10-22)9-18-16(24)8-23-14(3)6-13(2)21-23/h6-7,11,25H,4-5,8-10H2,1-3H3,(H,18,24)/t17-/m1/s1. The van der Waals surface area contributed by atoms with Crippen LogP contribution in [0.2, 0.25) is 0 Å². The van der Waals surface area contributed by atoms with Gasteiger partial charge in [0.05, 0.1) is 5.69 Å². The first-order valence-electron chi connectivity index (χ1n) is 8.38. The zero-order valence-corrected chi connectivity index (χ0v) is 14.9. The molecule has 0 saturated carbocycles. The van der Waals surface area contributed by atoms with Crippen LogP contribution in [0.5, 0.6) is 0 Å². The molecule has 0 aromatic carbocycles. The average Bonchev–Trinajstić information content (AvgIpc) is 3.09. The Kier molecular flexibility index (Phi) is 4.71. The Labute approximate surface area is 146 Å². The van der Waals surface area contributed by atoms with Gasteiger partial charge in [-0.2, -0.15) is 5.10 Å². The second kappa shape index (κ2) is 6.79. The van der Waals surface area contributed by atoms with Gasteiger partial charge in [0.1, 0.15) is 24.3 Å². The summed E-state index contributed by atoms with van der Waals surface area (Å²) >= 11 is 0. The minimum absolute atomic E-state index is 0.157. The minimum atomic E-state index is -0.955. The number of aliphatic hydroxyl groups is 1. The van der Waals surface area contributed by atoms with Crippen molar-refractivity contribution in [3.05, 3.63) is 35.5 Å². The quantitative estimate of drug-likeness (QED) is 0.813. The maximum absolute atomic E-state index is 12.2. The van der Waals surface area contributed by atoms with Gasteiger partial charge in [-0.25, -0.2) is 9.97 Å². The molecule has 3 rings (SSSR count). The van der Waals surface area contributed by atoms with Crippen molar-refractivity contribution < 1.29 is 9.90 Å². The number of anilines is 1. The molecule has 0 radical (unpaired) electrons. The van der Waals surface area contributed by atoms with Crippen molar-refractivity contribution in [3.8, 4) is 0 Å². The third-order valence-corrected chi connectivity index (χ3v) is 4.46. The number of rotatable bonds is 5. The van der Waals surface area contributed by atoms with E-state index in [0.717, 1.165) is 22.9 Å². The fourth-order valence-corrected chi connectivity index (χ4v) is 3.10. The van der Waals surface area contributed by atoms with E-state index in [9.17, 15) is 9.90 Å². The van der Waals surface area contributed by atoms with Gasteiger partial charge in [0.2, 0.25) is 5.91 Å². The Balaban J connectivity index is 1.54. The van der Waals surface area contributed by atoms with Crippen LogP contribution >= 0.6 is 0 Å². The molecule has 2 aromatic rings. The van der Waals surface area contributed by atoms with Crippen LogP contribution in [0.15, 0.2) is 18.5 Å². The number of carbonyl (C=O) groups excluding carboxylic acids is 1. The highest BCUT2D eigenvalue weighted by atomic mass is 16.3. The summed E-state index contributed by atoms with van der Waals surface area (Å²) in [5, 5.41) is 17.8. The molecule has 2 aromatic heterocycles. The zero-order chi connectivity index (χ0) is 18.0. The molecule has 1 aliphatic rings. The first kappa shape index (κ1) is 17.3. The Morgan fingerprint density at radius 3 is 2.76 bits per heavy atom. The molecule has 0 spiro atoms. The highest BCUT2D eigenvalue weighted by Crippen LogP contribution is 2.25. The average molecular weight is 344 g/mol. The molecular formula is C17H24N6O2. The van der Waals surface area contributed by atoms with Crippen molar-refractivity contribution >= 4 is 11.7 Å². The van der Waals surface area contributed by atoms with Crippen LogP contribution in [0, 0.1) is 20.8 Å². The van der Waals surface area contributed by atoms with Crippen LogP contribution in [0.3, 0.4) is 0 Å². The van der Waals surface area contributed by atoms with Gasteiger partial charge in [0.25, 0.3) is 0 Å². The Morgan fingerprint density at radius 1 is 1.28 bits per heavy atom. The molecule has 1 atom stereocenters. The van der Waals surface area contributed by atoms with E-state index in [0.29, 0.717) is 19.5 Å². The van der Waals surface area contributed by atoms with Gasteiger partial charge in [0.15, 0.2) is 0 Å². The number of nitrogens with zero attached hydrogens (tertiary/aromatic N) is 5. The highest BCUT2D eigenvalue weighted by molar-refractivity contribution is 5.75. The van der Waals surface area contributed by atoms with Crippen molar-refractivity contribution in [1.29, 1.82) is 0 Å². The molecule has 1 amide bonds. The molecule has 25 heavy (non-hydrogen) atoms. The van der Waals surface area contributed by atoms with Crippen LogP contribution in [0.1, 0.15) is 23.5 Å². The summed E-state index contributed by atoms with van der Waals surface area (Å²) in [5.41, 5.74) is 1.76. The Bertz CT molecular complexity index is 774. The van der Waals surface area contributed by atoms with Crippen LogP contribution < -0.4 is 10.2 Å². The summed E-state index contributed by atoms with van der Waals surface area (Å²) in [6.07, 6.45) is 2.11. The third-order valence-electron chi connectivity index (χ3n) is 4.46. The maximum Gasteiger partial charge on any atom is 0.241 e. The van der Waals surface area contributed by atoms with Gasteiger partial charge in [-0.3, -0.25) is 9.48 Å². The summed E-state index contributed by atoms with van der Waals surface area (Å²) in [5.74, 6) is 0.647. The lowest BCUT2D eigenvalue weighted by atomic mass is 10.0. The zero-order valence-electron chi connectivity index (χ0n) is 14.9. The Morgan fingerprint density at radius 2 is 2.08 bits per heavy atom. The highest BCUT2D eigenvalue weighted by Gasteiger charge is 2.37. The van der Waals surface area contributed by atoms with Crippen LogP contribution in [-0.2, 0) is 11.3 Å². The summed E-state index contributed by atoms with van der Waals surface area (Å²) in [7, 11) is 0. The summed E-state index contributed by atoms with van der Waals surface area (Å²) in [4.78, 5) is 22.5. The van der Waals surface area contributed by atoms with E-state index in [4.69, 9.17) is 0 Å². The summed E-state index contributed by atoms with van der Waals surface area (Å²) < 4.78 is 1.67. The van der Waals surface area contributed by atoms with Gasteiger partial charge in [-0.05, 0) is 33.3 Å². The third kappa shape index (κ3) is 4.14. The second-order valence-corrected chi connectivity index (χ2v) is 6.77. The lowest BCUT2D eigenvalue weighted by Crippen LogP contribution is -2.46. The number of hydrogen-bond donors (Lipinski definition) is 2. The molecule has 8 heteroatoms. The van der Waals surface area contributed by atoms with Crippen molar-refractivity contribution in [2.75, 3.05) is 24.5 Å². The Hall–Kier alpha value is -2.48. The fourth-order valence-electron chi connectivity index (χ4n) is 3.10. The molecule has 0 bridgehead atoms. The lowest BCUT2D eigenvalue weighted by Gasteiger charge is -2.24. The normalized spacial score (nSPS) is 20.1. The number of aryl methyl sites for hydroxylation is 3. The van der Waals surface area contributed by atoms with Gasteiger partial charge < -0.3 is 15.3 Å². The lowest BCUT2D eigenvalue weighted by molar-refractivity contribution is -0.123. The largest absolute Gasteiger partial charge is 0.386 e. The van der Waals surface area contributed by atoms with Crippen molar-refractivity contribution in [1.82, 2.24) is 25.1 Å².